The molecular formula is C7H7BrF2N2S. The summed E-state index contributed by atoms with van der Waals surface area (Å²) in [5.74, 6) is -2.60. The summed E-state index contributed by atoms with van der Waals surface area (Å²) in [5.41, 5.74) is 4.86. The molecule has 1 heterocycles. The van der Waals surface area contributed by atoms with Crippen LogP contribution in [0.25, 0.3) is 0 Å². The van der Waals surface area contributed by atoms with Crippen molar-refractivity contribution in [2.24, 2.45) is 5.73 Å². The van der Waals surface area contributed by atoms with E-state index in [1.54, 1.807) is 6.20 Å². The van der Waals surface area contributed by atoms with E-state index in [-0.39, 0.29) is 12.8 Å². The lowest BCUT2D eigenvalue weighted by Gasteiger charge is -2.42. The maximum Gasteiger partial charge on any atom is 0.252 e. The number of aromatic nitrogens is 1. The molecule has 13 heavy (non-hydrogen) atoms. The molecule has 2 N–H and O–H groups in total. The number of hydrogen-bond acceptors (Lipinski definition) is 3. The first kappa shape index (κ1) is 9.48. The summed E-state index contributed by atoms with van der Waals surface area (Å²) in [6.45, 7) is 0. The summed E-state index contributed by atoms with van der Waals surface area (Å²) in [6.07, 6.45) is 1.00. The largest absolute Gasteiger partial charge is 0.319 e. The second kappa shape index (κ2) is 2.71. The number of alkyl halides is 2. The standard InChI is InChI=1S/C7H7BrF2N2S/c8-4-1-12-5(13-4)6(11)2-7(9,10)3-6/h1H,2-3,11H2. The van der Waals surface area contributed by atoms with Gasteiger partial charge in [0.15, 0.2) is 0 Å². The number of halogens is 3. The van der Waals surface area contributed by atoms with Gasteiger partial charge in [-0.3, -0.25) is 0 Å². The van der Waals surface area contributed by atoms with E-state index in [2.05, 4.69) is 20.9 Å². The molecule has 0 atom stereocenters. The average molecular weight is 269 g/mol. The van der Waals surface area contributed by atoms with E-state index in [9.17, 15) is 8.78 Å². The number of thiazole rings is 1. The molecule has 0 unspecified atom stereocenters. The Morgan fingerprint density at radius 1 is 1.54 bits per heavy atom. The molecule has 0 aliphatic heterocycles. The summed E-state index contributed by atoms with van der Waals surface area (Å²) in [7, 11) is 0. The predicted octanol–water partition coefficient (Wildman–Crippen LogP) is 2.49. The lowest BCUT2D eigenvalue weighted by Crippen LogP contribution is -2.55. The van der Waals surface area contributed by atoms with E-state index in [0.717, 1.165) is 3.79 Å². The van der Waals surface area contributed by atoms with Gasteiger partial charge in [0.25, 0.3) is 5.92 Å². The molecule has 1 aliphatic rings. The Kier molecular flexibility index (Phi) is 1.98. The van der Waals surface area contributed by atoms with Crippen molar-refractivity contribution in [2.75, 3.05) is 0 Å². The fraction of sp³-hybridized carbons (Fsp3) is 0.571. The monoisotopic (exact) mass is 268 g/mol. The Balaban J connectivity index is 2.20. The summed E-state index contributed by atoms with van der Waals surface area (Å²) < 4.78 is 26.0. The Morgan fingerprint density at radius 2 is 2.15 bits per heavy atom. The Hall–Kier alpha value is -0.0700. The first-order valence-corrected chi connectivity index (χ1v) is 5.31. The first-order valence-electron chi connectivity index (χ1n) is 3.70. The van der Waals surface area contributed by atoms with Gasteiger partial charge in [0, 0.05) is 12.8 Å². The average Bonchev–Trinajstić information content (AvgIpc) is 2.31. The molecule has 1 aliphatic carbocycles. The van der Waals surface area contributed by atoms with Gasteiger partial charge >= 0.3 is 0 Å². The summed E-state index contributed by atoms with van der Waals surface area (Å²) in [4.78, 5) is 3.99. The van der Waals surface area contributed by atoms with Crippen molar-refractivity contribution in [3.63, 3.8) is 0 Å². The topological polar surface area (TPSA) is 38.9 Å². The van der Waals surface area contributed by atoms with Crippen molar-refractivity contribution in [1.29, 1.82) is 0 Å². The molecule has 0 bridgehead atoms. The van der Waals surface area contributed by atoms with Crippen LogP contribution in [0.2, 0.25) is 0 Å². The van der Waals surface area contributed by atoms with E-state index in [1.165, 1.54) is 11.3 Å². The normalized spacial score (nSPS) is 24.0. The van der Waals surface area contributed by atoms with Crippen molar-refractivity contribution in [3.05, 3.63) is 15.0 Å². The molecule has 1 aromatic heterocycles. The van der Waals surface area contributed by atoms with E-state index in [1.807, 2.05) is 0 Å². The minimum atomic E-state index is -2.60. The number of nitrogens with zero attached hydrogens (tertiary/aromatic N) is 1. The fourth-order valence-corrected chi connectivity index (χ4v) is 2.81. The van der Waals surface area contributed by atoms with Crippen molar-refractivity contribution >= 4 is 27.3 Å². The predicted molar refractivity (Wildman–Crippen MR) is 49.9 cm³/mol. The summed E-state index contributed by atoms with van der Waals surface area (Å²) in [5, 5.41) is 0.588. The van der Waals surface area contributed by atoms with Crippen LogP contribution in [-0.2, 0) is 5.54 Å². The number of hydrogen-bond donors (Lipinski definition) is 1. The fourth-order valence-electron chi connectivity index (χ4n) is 1.51. The van der Waals surface area contributed by atoms with Gasteiger partial charge < -0.3 is 5.73 Å². The van der Waals surface area contributed by atoms with Gasteiger partial charge in [-0.2, -0.15) is 0 Å². The number of rotatable bonds is 1. The highest BCUT2D eigenvalue weighted by molar-refractivity contribution is 9.11. The van der Waals surface area contributed by atoms with Crippen molar-refractivity contribution in [3.8, 4) is 0 Å². The van der Waals surface area contributed by atoms with Gasteiger partial charge in [-0.05, 0) is 15.9 Å². The second-order valence-electron chi connectivity index (χ2n) is 3.34. The van der Waals surface area contributed by atoms with Crippen LogP contribution in [0.3, 0.4) is 0 Å². The van der Waals surface area contributed by atoms with Crippen LogP contribution in [0.1, 0.15) is 17.8 Å². The highest BCUT2D eigenvalue weighted by Crippen LogP contribution is 2.50. The third-order valence-corrected chi connectivity index (χ3v) is 3.75. The maximum atomic E-state index is 12.6. The molecule has 0 saturated heterocycles. The Morgan fingerprint density at radius 3 is 2.54 bits per heavy atom. The molecule has 2 rings (SSSR count). The quantitative estimate of drug-likeness (QED) is 0.850. The minimum Gasteiger partial charge on any atom is -0.319 e. The van der Waals surface area contributed by atoms with Crippen LogP contribution >= 0.6 is 27.3 Å². The molecule has 1 aromatic rings. The van der Waals surface area contributed by atoms with Gasteiger partial charge in [0.05, 0.1) is 15.5 Å². The Bertz CT molecular complexity index is 331. The van der Waals surface area contributed by atoms with Crippen LogP contribution < -0.4 is 5.73 Å². The van der Waals surface area contributed by atoms with E-state index in [4.69, 9.17) is 5.73 Å². The molecular weight excluding hydrogens is 262 g/mol. The maximum absolute atomic E-state index is 12.6. The molecule has 72 valence electrons. The lowest BCUT2D eigenvalue weighted by atomic mass is 9.75. The van der Waals surface area contributed by atoms with Crippen molar-refractivity contribution < 1.29 is 8.78 Å². The summed E-state index contributed by atoms with van der Waals surface area (Å²) >= 11 is 4.54. The van der Waals surface area contributed by atoms with Gasteiger partial charge in [-0.1, -0.05) is 0 Å². The zero-order valence-corrected chi connectivity index (χ0v) is 8.96. The smallest absolute Gasteiger partial charge is 0.252 e. The molecule has 1 saturated carbocycles. The molecule has 1 fully saturated rings. The molecule has 2 nitrogen and oxygen atoms in total. The molecule has 0 spiro atoms. The zero-order valence-electron chi connectivity index (χ0n) is 6.56. The van der Waals surface area contributed by atoms with Crippen LogP contribution in [-0.4, -0.2) is 10.9 Å². The molecule has 0 amide bonds. The summed E-state index contributed by atoms with van der Waals surface area (Å²) in [6, 6.07) is 0. The SMILES string of the molecule is NC1(c2ncc(Br)s2)CC(F)(F)C1. The third-order valence-electron chi connectivity index (χ3n) is 2.05. The zero-order chi connectivity index (χ0) is 9.69. The van der Waals surface area contributed by atoms with Gasteiger partial charge in [-0.15, -0.1) is 11.3 Å². The van der Waals surface area contributed by atoms with Crippen LogP contribution in [0.4, 0.5) is 8.78 Å². The van der Waals surface area contributed by atoms with Crippen LogP contribution in [0, 0.1) is 0 Å². The van der Waals surface area contributed by atoms with Gasteiger partial charge in [0.2, 0.25) is 0 Å². The molecule has 6 heteroatoms. The highest BCUT2D eigenvalue weighted by Gasteiger charge is 2.56. The van der Waals surface area contributed by atoms with Crippen LogP contribution in [0.15, 0.2) is 9.98 Å². The highest BCUT2D eigenvalue weighted by atomic mass is 79.9. The van der Waals surface area contributed by atoms with Crippen LogP contribution in [0.5, 0.6) is 0 Å². The third kappa shape index (κ3) is 1.62. The van der Waals surface area contributed by atoms with Crippen molar-refractivity contribution in [1.82, 2.24) is 4.98 Å². The first-order chi connectivity index (χ1) is 5.91. The Labute approximate surface area is 86.3 Å². The van der Waals surface area contributed by atoms with E-state index >= 15 is 0 Å². The van der Waals surface area contributed by atoms with E-state index < -0.39 is 11.5 Å². The second-order valence-corrected chi connectivity index (χ2v) is 5.75. The van der Waals surface area contributed by atoms with Gasteiger partial charge in [-0.25, -0.2) is 13.8 Å². The van der Waals surface area contributed by atoms with Crippen molar-refractivity contribution in [2.45, 2.75) is 24.3 Å². The molecule has 0 aromatic carbocycles. The lowest BCUT2D eigenvalue weighted by molar-refractivity contribution is -0.125. The molecule has 0 radical (unpaired) electrons. The van der Waals surface area contributed by atoms with Gasteiger partial charge in [0.1, 0.15) is 5.01 Å². The van der Waals surface area contributed by atoms with E-state index in [0.29, 0.717) is 5.01 Å². The minimum absolute atomic E-state index is 0.292. The number of nitrogens with two attached hydrogens (primary N) is 1.